The van der Waals surface area contributed by atoms with E-state index in [1.807, 2.05) is 5.38 Å². The van der Waals surface area contributed by atoms with Gasteiger partial charge in [0.15, 0.2) is 5.42 Å². The maximum atomic E-state index is 12.6. The third kappa shape index (κ3) is 2.01. The highest BCUT2D eigenvalue weighted by Crippen LogP contribution is 2.21. The first kappa shape index (κ1) is 13.6. The van der Waals surface area contributed by atoms with Crippen molar-refractivity contribution in [2.75, 3.05) is 0 Å². The number of H-pyrrole nitrogens is 1. The summed E-state index contributed by atoms with van der Waals surface area (Å²) in [5.74, 6) is 0.0823. The quantitative estimate of drug-likeness (QED) is 0.575. The van der Waals surface area contributed by atoms with Gasteiger partial charge in [-0.25, -0.2) is 5.10 Å². The summed E-state index contributed by atoms with van der Waals surface area (Å²) in [6.45, 7) is 0. The predicted molar refractivity (Wildman–Crippen MR) is 85.8 cm³/mol. The van der Waals surface area contributed by atoms with Crippen LogP contribution in [0.5, 0.6) is 0 Å². The Labute approximate surface area is 131 Å². The Balaban J connectivity index is 2.35. The molecule has 2 heterocycles. The van der Waals surface area contributed by atoms with Crippen LogP contribution < -0.4 is 16.4 Å². The molecule has 7 heteroatoms. The van der Waals surface area contributed by atoms with Crippen molar-refractivity contribution in [1.82, 2.24) is 10.2 Å². The zero-order valence-corrected chi connectivity index (χ0v) is 12.3. The summed E-state index contributed by atoms with van der Waals surface area (Å²) in [5, 5.41) is 8.03. The van der Waals surface area contributed by atoms with Gasteiger partial charge in [-0.2, -0.15) is 0 Å². The third-order valence-corrected chi connectivity index (χ3v) is 4.35. The van der Waals surface area contributed by atoms with E-state index in [0.29, 0.717) is 4.88 Å². The fourth-order valence-corrected chi connectivity index (χ4v) is 3.09. The minimum absolute atomic E-state index is 0.0823. The highest BCUT2D eigenvalue weighted by atomic mass is 32.1. The van der Waals surface area contributed by atoms with Crippen LogP contribution in [-0.2, 0) is 0 Å². The summed E-state index contributed by atoms with van der Waals surface area (Å²) < 4.78 is 5.56. The van der Waals surface area contributed by atoms with Crippen LogP contribution in [-0.4, -0.2) is 10.2 Å². The third-order valence-electron chi connectivity index (χ3n) is 3.49. The first-order valence-corrected chi connectivity index (χ1v) is 7.57. The molecule has 1 aromatic carbocycles. The number of aromatic amines is 1. The number of aromatic nitrogens is 2. The van der Waals surface area contributed by atoms with Gasteiger partial charge < -0.3 is 4.42 Å². The van der Waals surface area contributed by atoms with Gasteiger partial charge in [0.1, 0.15) is 5.22 Å². The fourth-order valence-electron chi connectivity index (χ4n) is 2.44. The van der Waals surface area contributed by atoms with E-state index in [0.717, 1.165) is 0 Å². The summed E-state index contributed by atoms with van der Waals surface area (Å²) in [6.07, 6.45) is 0. The summed E-state index contributed by atoms with van der Waals surface area (Å²) in [5.41, 5.74) is -2.08. The largest absolute Gasteiger partial charge is 0.431 e. The molecule has 0 radical (unpaired) electrons. The van der Waals surface area contributed by atoms with E-state index in [1.54, 1.807) is 24.3 Å². The molecule has 1 aliphatic carbocycles. The van der Waals surface area contributed by atoms with Crippen LogP contribution in [0.1, 0.15) is 0 Å². The first-order chi connectivity index (χ1) is 11.2. The first-order valence-electron chi connectivity index (χ1n) is 6.69. The van der Waals surface area contributed by atoms with Gasteiger partial charge in [0.05, 0.1) is 4.88 Å². The molecule has 1 aliphatic heterocycles. The van der Waals surface area contributed by atoms with Gasteiger partial charge in [0, 0.05) is 10.8 Å². The molecule has 6 nitrogen and oxygen atoms in total. The van der Waals surface area contributed by atoms with Crippen LogP contribution in [0.3, 0.4) is 0 Å². The molecule has 112 valence electrons. The number of benzene rings is 1. The number of fused-ring (bicyclic) bond motifs is 1. The van der Waals surface area contributed by atoms with Gasteiger partial charge >= 0.3 is 0 Å². The molecule has 0 atom stereocenters. The zero-order valence-electron chi connectivity index (χ0n) is 11.5. The summed E-state index contributed by atoms with van der Waals surface area (Å²) in [7, 11) is 0. The normalized spacial score (nSPS) is 11.1. The second-order valence-electron chi connectivity index (χ2n) is 4.85. The van der Waals surface area contributed by atoms with Gasteiger partial charge in [-0.3, -0.25) is 14.4 Å². The van der Waals surface area contributed by atoms with E-state index in [2.05, 4.69) is 10.2 Å². The number of hydrogen-bond acceptors (Lipinski definition) is 6. The molecule has 0 saturated heterocycles. The molecule has 23 heavy (non-hydrogen) atoms. The molecule has 1 aromatic heterocycles. The second kappa shape index (κ2) is 4.99. The van der Waals surface area contributed by atoms with Gasteiger partial charge in [0.25, 0.3) is 11.4 Å². The molecule has 2 aliphatic rings. The van der Waals surface area contributed by atoms with Crippen LogP contribution in [0.25, 0.3) is 21.5 Å². The lowest BCUT2D eigenvalue weighted by molar-refractivity contribution is 0.517. The molecule has 0 saturated carbocycles. The smallest absolute Gasteiger partial charge is 0.279 e. The highest BCUT2D eigenvalue weighted by Gasteiger charge is 2.13. The van der Waals surface area contributed by atoms with Crippen molar-refractivity contribution in [2.45, 2.75) is 0 Å². The van der Waals surface area contributed by atoms with Gasteiger partial charge in [-0.1, -0.05) is 30.3 Å². The fraction of sp³-hybridized carbons (Fsp3) is 0. The molecule has 4 rings (SSSR count). The molecule has 0 amide bonds. The van der Waals surface area contributed by atoms with Crippen LogP contribution in [0.2, 0.25) is 0 Å². The average Bonchev–Trinajstić information content (AvgIpc) is 3.04. The van der Waals surface area contributed by atoms with Gasteiger partial charge in [-0.05, 0) is 11.4 Å². The van der Waals surface area contributed by atoms with Crippen molar-refractivity contribution < 1.29 is 4.42 Å². The van der Waals surface area contributed by atoms with E-state index < -0.39 is 16.4 Å². The molecule has 2 aromatic rings. The predicted octanol–water partition coefficient (Wildman–Crippen LogP) is 1.69. The van der Waals surface area contributed by atoms with Crippen molar-refractivity contribution >= 4 is 22.1 Å². The van der Waals surface area contributed by atoms with Crippen LogP contribution in [0.15, 0.2) is 60.6 Å². The topological polar surface area (TPSA) is 93.0 Å². The zero-order chi connectivity index (χ0) is 16.0. The minimum atomic E-state index is -0.751. The lowest BCUT2D eigenvalue weighted by atomic mass is 10.1. The molecule has 0 spiro atoms. The standard InChI is InChI=1S/C16H8N2O4S/c19-12-8-4-1-2-5-9(8)13(20)14-11(12)15(21)17-18-16(22-14)10-6-3-7-23-10/h1-7H,(H,17,21). The average molecular weight is 324 g/mol. The van der Waals surface area contributed by atoms with E-state index in [-0.39, 0.29) is 27.3 Å². The van der Waals surface area contributed by atoms with Crippen molar-refractivity contribution in [3.8, 4) is 10.8 Å². The number of nitrogens with one attached hydrogen (secondary N) is 1. The summed E-state index contributed by atoms with van der Waals surface area (Å²) >= 11 is 1.34. The number of nitrogens with zero attached hydrogens (tertiary/aromatic N) is 1. The monoisotopic (exact) mass is 324 g/mol. The van der Waals surface area contributed by atoms with Crippen LogP contribution in [0, 0.1) is 10.6 Å². The van der Waals surface area contributed by atoms with Crippen LogP contribution in [0.4, 0.5) is 0 Å². The molecule has 0 bridgehead atoms. The van der Waals surface area contributed by atoms with Crippen molar-refractivity contribution in [1.29, 1.82) is 0 Å². The number of thiophene rings is 1. The number of rotatable bonds is 1. The Morgan fingerprint density at radius 1 is 0.957 bits per heavy atom. The van der Waals surface area contributed by atoms with Gasteiger partial charge in [0.2, 0.25) is 10.9 Å². The van der Waals surface area contributed by atoms with Gasteiger partial charge in [-0.15, -0.1) is 16.4 Å². The van der Waals surface area contributed by atoms with Crippen molar-refractivity contribution in [3.63, 3.8) is 0 Å². The minimum Gasteiger partial charge on any atom is -0.431 e. The Morgan fingerprint density at radius 3 is 2.39 bits per heavy atom. The van der Waals surface area contributed by atoms with E-state index in [9.17, 15) is 14.4 Å². The Bertz CT molecular complexity index is 1270. The maximum Gasteiger partial charge on any atom is 0.279 e. The Morgan fingerprint density at radius 2 is 1.70 bits per heavy atom. The molecule has 0 unspecified atom stereocenters. The van der Waals surface area contributed by atoms with E-state index in [4.69, 9.17) is 4.42 Å². The lowest BCUT2D eigenvalue weighted by Gasteiger charge is -1.94. The van der Waals surface area contributed by atoms with Crippen molar-refractivity contribution in [3.05, 3.63) is 83.2 Å². The lowest BCUT2D eigenvalue weighted by Crippen LogP contribution is -2.22. The Kier molecular flexibility index (Phi) is 2.95. The highest BCUT2D eigenvalue weighted by molar-refractivity contribution is 7.13. The molecular weight excluding hydrogens is 316 g/mol. The molecule has 0 fully saturated rings. The van der Waals surface area contributed by atoms with Crippen LogP contribution >= 0.6 is 11.3 Å². The second-order valence-corrected chi connectivity index (χ2v) is 5.79. The molecular formula is C16H8N2O4S. The van der Waals surface area contributed by atoms with Crippen molar-refractivity contribution in [2.24, 2.45) is 0 Å². The van der Waals surface area contributed by atoms with E-state index >= 15 is 0 Å². The summed E-state index contributed by atoms with van der Waals surface area (Å²) in [4.78, 5) is 38.0. The van der Waals surface area contributed by atoms with E-state index in [1.165, 1.54) is 23.5 Å². The Hall–Kier alpha value is -3.06. The molecule has 1 N–H and O–H groups in total. The number of hydrogen-bond donors (Lipinski definition) is 1. The SMILES string of the molecule is O=c1[nH]nc(-c2cccs2)oc2c(=O)c3ccccc3c(=O)c1=2. The summed E-state index contributed by atoms with van der Waals surface area (Å²) in [6, 6.07) is 9.87. The maximum absolute atomic E-state index is 12.6.